The van der Waals surface area contributed by atoms with Gasteiger partial charge in [-0.2, -0.15) is 9.97 Å². The van der Waals surface area contributed by atoms with E-state index in [1.807, 2.05) is 152 Å². The van der Waals surface area contributed by atoms with E-state index in [-0.39, 0.29) is 0 Å². The van der Waals surface area contributed by atoms with Crippen LogP contribution in [0.4, 0.5) is 0 Å². The number of rotatable bonds is 15. The van der Waals surface area contributed by atoms with Crippen molar-refractivity contribution in [3.05, 3.63) is 450 Å². The maximum atomic E-state index is 6.94. The van der Waals surface area contributed by atoms with Crippen LogP contribution in [0.1, 0.15) is 0 Å². The Morgan fingerprint density at radius 1 is 0.174 bits per heavy atom. The van der Waals surface area contributed by atoms with Gasteiger partial charge in [0.05, 0.1) is 66.3 Å². The minimum Gasteiger partial charge on any atom is -0.455 e. The summed E-state index contributed by atoms with van der Waals surface area (Å²) < 4.78 is 27.2. The Bertz CT molecular complexity index is 8200. The molecule has 0 aliphatic heterocycles. The van der Waals surface area contributed by atoms with Gasteiger partial charge in [0.25, 0.3) is 0 Å². The molecule has 138 heavy (non-hydrogen) atoms. The molecule has 15 heterocycles. The second kappa shape index (κ2) is 34.8. The molecule has 0 unspecified atom stereocenters. The first-order valence-electron chi connectivity index (χ1n) is 45.3. The number of pyridine rings is 6. The highest BCUT2D eigenvalue weighted by Crippen LogP contribution is 2.51. The van der Waals surface area contributed by atoms with Crippen molar-refractivity contribution in [2.75, 3.05) is 0 Å². The van der Waals surface area contributed by atoms with Crippen molar-refractivity contribution in [3.63, 3.8) is 0 Å². The smallest absolute Gasteiger partial charge is 0.238 e. The van der Waals surface area contributed by atoms with Crippen molar-refractivity contribution >= 4 is 98.3 Å². The van der Waals surface area contributed by atoms with Crippen molar-refractivity contribution in [1.29, 1.82) is 0 Å². The van der Waals surface area contributed by atoms with Crippen molar-refractivity contribution < 1.29 is 13.3 Å². The summed E-state index contributed by atoms with van der Waals surface area (Å²) in [7, 11) is 0. The normalized spacial score (nSPS) is 11.5. The number of para-hydroxylation sites is 3. The lowest BCUT2D eigenvalue weighted by molar-refractivity contribution is 0.635. The minimum absolute atomic E-state index is 0.511. The number of hydrogen-bond acceptors (Lipinski definition) is 16. The average Bonchev–Trinajstić information content (AvgIpc) is 1.56. The molecule has 0 N–H and O–H groups in total. The fourth-order valence-corrected chi connectivity index (χ4v) is 19.0. The van der Waals surface area contributed by atoms with Crippen LogP contribution in [0.3, 0.4) is 0 Å². The largest absolute Gasteiger partial charge is 0.455 e. The van der Waals surface area contributed by atoms with Crippen LogP contribution in [0.15, 0.2) is 464 Å². The molecule has 15 aromatic heterocycles. The summed E-state index contributed by atoms with van der Waals surface area (Å²) >= 11 is 0. The number of aromatic nitrogens is 16. The lowest BCUT2D eigenvalue weighted by atomic mass is 9.98. The number of fused-ring (bicyclic) bond motifs is 15. The Balaban J connectivity index is 0.000000110. The predicted molar refractivity (Wildman–Crippen MR) is 548 cm³/mol. The first-order chi connectivity index (χ1) is 68.5. The SMILES string of the molecule is c1ccc(-c2oc3c(ccc4c3c3ccccc3n4-c3cc(-c4ccncc4)nc(-c4ccncc4)n3)c2-c2ccccc2)cc1.c1ccc(-c2oc3c(ccc4c3c3ccccc3n4-c3nc(-c4ccncc4)cc(-c4ccncc4)n3)c2-c2ccccc2)cc1.c1ccc(-c2oc3c(ccc4c3c3ccccc3n4-c3nc(-c4ccncc4)nc(-c4ccncc4)n3)c2-c2ccccc2)cc1. The topological polar surface area (TPSA) is 222 Å². The van der Waals surface area contributed by atoms with Gasteiger partial charge in [0, 0.05) is 180 Å². The van der Waals surface area contributed by atoms with Gasteiger partial charge in [0.2, 0.25) is 11.9 Å². The molecule has 0 spiro atoms. The van der Waals surface area contributed by atoms with Crippen LogP contribution in [0, 0.1) is 0 Å². The van der Waals surface area contributed by atoms with Gasteiger partial charge in [-0.1, -0.05) is 237 Å². The molecule has 0 aliphatic rings. The molecule has 0 fully saturated rings. The molecule has 0 bridgehead atoms. The first-order valence-corrected chi connectivity index (χ1v) is 45.3. The third-order valence-corrected chi connectivity index (χ3v) is 25.2. The summed E-state index contributed by atoms with van der Waals surface area (Å²) in [5, 5.41) is 9.45. The van der Waals surface area contributed by atoms with Crippen molar-refractivity contribution in [1.82, 2.24) is 78.5 Å². The number of hydrogen-bond donors (Lipinski definition) is 0. The lowest BCUT2D eigenvalue weighted by Crippen LogP contribution is -2.06. The van der Waals surface area contributed by atoms with Crippen LogP contribution < -0.4 is 0 Å². The van der Waals surface area contributed by atoms with E-state index in [9.17, 15) is 0 Å². The Morgan fingerprint density at radius 3 is 0.761 bits per heavy atom. The quantitative estimate of drug-likeness (QED) is 0.0931. The van der Waals surface area contributed by atoms with E-state index in [0.29, 0.717) is 29.4 Å². The molecular formula is C119H74N16O3. The number of benzene rings is 12. The van der Waals surface area contributed by atoms with Gasteiger partial charge in [-0.25, -0.2) is 24.9 Å². The van der Waals surface area contributed by atoms with Crippen molar-refractivity contribution in [2.24, 2.45) is 0 Å². The van der Waals surface area contributed by atoms with Gasteiger partial charge < -0.3 is 13.3 Å². The third-order valence-electron chi connectivity index (χ3n) is 25.2. The van der Waals surface area contributed by atoms with E-state index < -0.39 is 0 Å². The maximum Gasteiger partial charge on any atom is 0.238 e. The Labute approximate surface area is 788 Å². The van der Waals surface area contributed by atoms with Gasteiger partial charge in [-0.05, 0) is 150 Å². The van der Waals surface area contributed by atoms with Crippen LogP contribution >= 0.6 is 0 Å². The molecule has 0 atom stereocenters. The highest BCUT2D eigenvalue weighted by molar-refractivity contribution is 6.26. The van der Waals surface area contributed by atoms with Crippen LogP contribution in [-0.4, -0.2) is 78.5 Å². The second-order valence-electron chi connectivity index (χ2n) is 33.3. The molecule has 0 amide bonds. The zero-order valence-electron chi connectivity index (χ0n) is 73.6. The highest BCUT2D eigenvalue weighted by atomic mass is 16.3. The fraction of sp³-hybridized carbons (Fsp3) is 0. The minimum atomic E-state index is 0.511. The van der Waals surface area contributed by atoms with Crippen LogP contribution in [0.2, 0.25) is 0 Å². The maximum absolute atomic E-state index is 6.94. The van der Waals surface area contributed by atoms with E-state index in [2.05, 4.69) is 268 Å². The molecule has 0 aliphatic carbocycles. The molecule has 27 rings (SSSR count). The van der Waals surface area contributed by atoms with E-state index in [4.69, 9.17) is 48.1 Å². The summed E-state index contributed by atoms with van der Waals surface area (Å²) in [6.07, 6.45) is 21.2. The summed E-state index contributed by atoms with van der Waals surface area (Å²) in [6, 6.07) is 128. The van der Waals surface area contributed by atoms with E-state index >= 15 is 0 Å². The number of nitrogens with zero attached hydrogens (tertiary/aromatic N) is 16. The Morgan fingerprint density at radius 2 is 0.435 bits per heavy atom. The molecule has 19 heteroatoms. The molecule has 0 saturated carbocycles. The summed E-state index contributed by atoms with van der Waals surface area (Å²) in [4.78, 5) is 60.6. The molecular weight excluding hydrogens is 1700 g/mol. The lowest BCUT2D eigenvalue weighted by Gasteiger charge is -2.12. The predicted octanol–water partition coefficient (Wildman–Crippen LogP) is 28.7. The van der Waals surface area contributed by atoms with Crippen molar-refractivity contribution in [2.45, 2.75) is 0 Å². The average molecular weight is 1780 g/mol. The summed E-state index contributed by atoms with van der Waals surface area (Å²) in [5.41, 5.74) is 26.0. The standard InChI is InChI=1S/2C40H25N5O.C39H24N6O/c1-3-9-28(10-4-1)36-31-15-16-35-37(39(31)46-38(36)29-11-5-2-6-12-29)30-13-7-8-14-34(30)45(35)40-43-32(26-17-21-41-22-18-26)25-33(44-40)27-19-23-42-24-20-27;1-3-9-27(10-4-1)36-31-15-16-34-37(39(31)46-38(36)28-11-5-2-6-12-28)30-13-7-8-14-33(30)45(34)35-25-32(26-17-21-41-22-18-26)43-40(44-35)29-19-23-42-24-20-29;1-3-9-25(10-4-1)33-30-15-16-32-34(36(30)46-35(33)26-11-5-2-6-12-26)29-13-7-8-14-31(29)45(32)39-43-37(27-17-21-40-22-18-27)42-38(44-39)28-19-23-41-24-20-28/h2*1-25H;1-24H. The van der Waals surface area contributed by atoms with Gasteiger partial charge in [0.15, 0.2) is 17.5 Å². The number of furan rings is 3. The van der Waals surface area contributed by atoms with Crippen LogP contribution in [0.25, 0.3) is 251 Å². The molecule has 19 nitrogen and oxygen atoms in total. The zero-order valence-corrected chi connectivity index (χ0v) is 73.6. The van der Waals surface area contributed by atoms with Gasteiger partial charge in [-0.15, -0.1) is 0 Å². The second-order valence-corrected chi connectivity index (χ2v) is 33.3. The van der Waals surface area contributed by atoms with Gasteiger partial charge in [0.1, 0.15) is 39.8 Å². The fourth-order valence-electron chi connectivity index (χ4n) is 19.0. The van der Waals surface area contributed by atoms with Crippen molar-refractivity contribution in [3.8, 4) is 153 Å². The van der Waals surface area contributed by atoms with Gasteiger partial charge >= 0.3 is 0 Å². The van der Waals surface area contributed by atoms with E-state index in [1.165, 1.54) is 0 Å². The summed E-state index contributed by atoms with van der Waals surface area (Å²) in [5.74, 6) is 6.12. The third kappa shape index (κ3) is 14.5. The Hall–Kier alpha value is -19.3. The zero-order chi connectivity index (χ0) is 91.4. The van der Waals surface area contributed by atoms with E-state index in [1.54, 1.807) is 74.4 Å². The van der Waals surface area contributed by atoms with Gasteiger partial charge in [-0.3, -0.25) is 43.6 Å². The molecule has 648 valence electrons. The molecule has 27 aromatic rings. The van der Waals surface area contributed by atoms with E-state index in [0.717, 1.165) is 222 Å². The monoisotopic (exact) mass is 1770 g/mol. The van der Waals surface area contributed by atoms with Crippen LogP contribution in [0.5, 0.6) is 0 Å². The first kappa shape index (κ1) is 80.8. The molecule has 0 saturated heterocycles. The Kier molecular flexibility index (Phi) is 20.4. The molecule has 12 aromatic carbocycles. The summed E-state index contributed by atoms with van der Waals surface area (Å²) in [6.45, 7) is 0. The van der Waals surface area contributed by atoms with Crippen LogP contribution in [-0.2, 0) is 0 Å². The molecule has 0 radical (unpaired) electrons. The highest BCUT2D eigenvalue weighted by Gasteiger charge is 2.30.